The standard InChI is InChI=1S/C14H17NS/c1-11-5-4-6-12(7-11)16-14(10-15)8-13(2,3)9-14/h4-7H,8-9H2,1-3H3. The maximum absolute atomic E-state index is 9.33. The van der Waals surface area contributed by atoms with Crippen LogP contribution >= 0.6 is 11.8 Å². The summed E-state index contributed by atoms with van der Waals surface area (Å²) in [7, 11) is 0. The normalized spacial score (nSPS) is 20.9. The highest BCUT2D eigenvalue weighted by atomic mass is 32.2. The van der Waals surface area contributed by atoms with Crippen LogP contribution in [-0.2, 0) is 0 Å². The number of rotatable bonds is 2. The van der Waals surface area contributed by atoms with Gasteiger partial charge >= 0.3 is 0 Å². The smallest absolute Gasteiger partial charge is 0.108 e. The van der Waals surface area contributed by atoms with E-state index in [1.54, 1.807) is 11.8 Å². The van der Waals surface area contributed by atoms with Crippen molar-refractivity contribution in [1.82, 2.24) is 0 Å². The molecule has 0 spiro atoms. The summed E-state index contributed by atoms with van der Waals surface area (Å²) in [5.74, 6) is 0. The largest absolute Gasteiger partial charge is 0.197 e. The summed E-state index contributed by atoms with van der Waals surface area (Å²) in [5, 5.41) is 9.33. The van der Waals surface area contributed by atoms with Crippen molar-refractivity contribution in [3.8, 4) is 6.07 Å². The van der Waals surface area contributed by atoms with Crippen LogP contribution in [0.2, 0.25) is 0 Å². The SMILES string of the molecule is Cc1cccc(SC2(C#N)CC(C)(C)C2)c1. The minimum absolute atomic E-state index is 0.183. The Labute approximate surface area is 102 Å². The fraction of sp³-hybridized carbons (Fsp3) is 0.500. The minimum Gasteiger partial charge on any atom is -0.197 e. The molecular formula is C14H17NS. The molecule has 0 heterocycles. The summed E-state index contributed by atoms with van der Waals surface area (Å²) >= 11 is 1.73. The lowest BCUT2D eigenvalue weighted by atomic mass is 9.64. The molecule has 1 aromatic carbocycles. The third-order valence-electron chi connectivity index (χ3n) is 3.03. The molecule has 16 heavy (non-hydrogen) atoms. The number of aryl methyl sites for hydroxylation is 1. The fourth-order valence-electron chi connectivity index (χ4n) is 2.57. The Hall–Kier alpha value is -0.940. The van der Waals surface area contributed by atoms with Gasteiger partial charge in [0.05, 0.1) is 6.07 Å². The molecule has 1 aliphatic rings. The second-order valence-electron chi connectivity index (χ2n) is 5.54. The topological polar surface area (TPSA) is 23.8 Å². The summed E-state index contributed by atoms with van der Waals surface area (Å²) in [5.41, 5.74) is 1.60. The van der Waals surface area contributed by atoms with Crippen LogP contribution in [0.15, 0.2) is 29.2 Å². The van der Waals surface area contributed by atoms with Crippen molar-refractivity contribution in [2.45, 2.75) is 43.3 Å². The Bertz CT molecular complexity index is 434. The van der Waals surface area contributed by atoms with Gasteiger partial charge in [-0.25, -0.2) is 0 Å². The number of nitrogens with zero attached hydrogens (tertiary/aromatic N) is 1. The molecule has 0 amide bonds. The van der Waals surface area contributed by atoms with E-state index in [9.17, 15) is 5.26 Å². The first kappa shape index (κ1) is 11.5. The average Bonchev–Trinajstić information content (AvgIpc) is 2.14. The molecule has 0 radical (unpaired) electrons. The van der Waals surface area contributed by atoms with E-state index in [-0.39, 0.29) is 4.75 Å². The first-order chi connectivity index (χ1) is 7.45. The van der Waals surface area contributed by atoms with E-state index in [2.05, 4.69) is 51.1 Å². The van der Waals surface area contributed by atoms with Crippen LogP contribution in [0.4, 0.5) is 0 Å². The summed E-state index contributed by atoms with van der Waals surface area (Å²) in [6.45, 7) is 6.56. The monoisotopic (exact) mass is 231 g/mol. The zero-order chi connectivity index (χ0) is 11.8. The second kappa shape index (κ2) is 3.82. The van der Waals surface area contributed by atoms with Crippen LogP contribution in [0.5, 0.6) is 0 Å². The van der Waals surface area contributed by atoms with E-state index in [4.69, 9.17) is 0 Å². The number of thioether (sulfide) groups is 1. The van der Waals surface area contributed by atoms with Crippen LogP contribution in [0.3, 0.4) is 0 Å². The molecule has 1 nitrogen and oxygen atoms in total. The van der Waals surface area contributed by atoms with E-state index in [1.807, 2.05) is 0 Å². The Balaban J connectivity index is 2.13. The molecule has 0 N–H and O–H groups in total. The van der Waals surface area contributed by atoms with Gasteiger partial charge in [0, 0.05) is 4.90 Å². The molecule has 0 aromatic heterocycles. The van der Waals surface area contributed by atoms with Crippen molar-refractivity contribution in [3.63, 3.8) is 0 Å². The van der Waals surface area contributed by atoms with Gasteiger partial charge in [-0.3, -0.25) is 0 Å². The zero-order valence-corrected chi connectivity index (χ0v) is 10.9. The van der Waals surface area contributed by atoms with Crippen molar-refractivity contribution >= 4 is 11.8 Å². The Morgan fingerprint density at radius 1 is 1.31 bits per heavy atom. The van der Waals surface area contributed by atoms with E-state index >= 15 is 0 Å². The molecule has 2 heteroatoms. The third-order valence-corrected chi connectivity index (χ3v) is 4.30. The van der Waals surface area contributed by atoms with Gasteiger partial charge in [0.25, 0.3) is 0 Å². The zero-order valence-electron chi connectivity index (χ0n) is 10.1. The Morgan fingerprint density at radius 3 is 2.50 bits per heavy atom. The minimum atomic E-state index is -0.183. The van der Waals surface area contributed by atoms with E-state index < -0.39 is 0 Å². The van der Waals surface area contributed by atoms with Crippen LogP contribution < -0.4 is 0 Å². The second-order valence-corrected chi connectivity index (χ2v) is 7.00. The molecule has 1 fully saturated rings. The lowest BCUT2D eigenvalue weighted by Crippen LogP contribution is -2.45. The summed E-state index contributed by atoms with van der Waals surface area (Å²) in [6.07, 6.45) is 1.99. The van der Waals surface area contributed by atoms with Crippen LogP contribution in [0.25, 0.3) is 0 Å². The molecule has 0 saturated heterocycles. The van der Waals surface area contributed by atoms with E-state index in [1.165, 1.54) is 10.5 Å². The number of nitriles is 1. The maximum Gasteiger partial charge on any atom is 0.108 e. The fourth-order valence-corrected chi connectivity index (χ4v) is 4.39. The quantitative estimate of drug-likeness (QED) is 0.762. The molecule has 84 valence electrons. The highest BCUT2D eigenvalue weighted by Crippen LogP contribution is 2.56. The molecule has 1 saturated carbocycles. The van der Waals surface area contributed by atoms with Gasteiger partial charge in [-0.15, -0.1) is 11.8 Å². The Kier molecular flexibility index (Phi) is 2.75. The summed E-state index contributed by atoms with van der Waals surface area (Å²) in [4.78, 5) is 1.22. The van der Waals surface area contributed by atoms with Gasteiger partial charge in [-0.1, -0.05) is 31.5 Å². The van der Waals surface area contributed by atoms with Crippen LogP contribution in [0.1, 0.15) is 32.3 Å². The third kappa shape index (κ3) is 2.25. The van der Waals surface area contributed by atoms with Crippen molar-refractivity contribution in [3.05, 3.63) is 29.8 Å². The first-order valence-corrected chi connectivity index (χ1v) is 6.43. The molecule has 2 rings (SSSR count). The predicted octanol–water partition coefficient (Wildman–Crippen LogP) is 4.17. The molecule has 0 unspecified atom stereocenters. The molecule has 1 aromatic rings. The maximum atomic E-state index is 9.33. The molecule has 0 aliphatic heterocycles. The van der Waals surface area contributed by atoms with E-state index in [0.717, 1.165) is 12.8 Å². The lowest BCUT2D eigenvalue weighted by molar-refractivity contribution is 0.162. The van der Waals surface area contributed by atoms with Crippen molar-refractivity contribution in [2.24, 2.45) is 5.41 Å². The average molecular weight is 231 g/mol. The van der Waals surface area contributed by atoms with Gasteiger partial charge in [-0.2, -0.15) is 5.26 Å². The number of hydrogen-bond donors (Lipinski definition) is 0. The van der Waals surface area contributed by atoms with Crippen LogP contribution in [-0.4, -0.2) is 4.75 Å². The molecular weight excluding hydrogens is 214 g/mol. The van der Waals surface area contributed by atoms with Crippen molar-refractivity contribution < 1.29 is 0 Å². The molecule has 0 bridgehead atoms. The summed E-state index contributed by atoms with van der Waals surface area (Å²) < 4.78 is -0.183. The number of benzene rings is 1. The van der Waals surface area contributed by atoms with Crippen molar-refractivity contribution in [1.29, 1.82) is 5.26 Å². The first-order valence-electron chi connectivity index (χ1n) is 5.62. The van der Waals surface area contributed by atoms with Gasteiger partial charge in [0.2, 0.25) is 0 Å². The molecule has 0 atom stereocenters. The van der Waals surface area contributed by atoms with Gasteiger partial charge in [0.1, 0.15) is 4.75 Å². The van der Waals surface area contributed by atoms with Crippen molar-refractivity contribution in [2.75, 3.05) is 0 Å². The Morgan fingerprint density at radius 2 is 2.00 bits per heavy atom. The highest BCUT2D eigenvalue weighted by Gasteiger charge is 2.50. The van der Waals surface area contributed by atoms with Gasteiger partial charge < -0.3 is 0 Å². The van der Waals surface area contributed by atoms with Gasteiger partial charge in [-0.05, 0) is 37.3 Å². The summed E-state index contributed by atoms with van der Waals surface area (Å²) in [6, 6.07) is 10.9. The number of hydrogen-bond acceptors (Lipinski definition) is 2. The lowest BCUT2D eigenvalue weighted by Gasteiger charge is -2.48. The predicted molar refractivity (Wildman–Crippen MR) is 68.4 cm³/mol. The van der Waals surface area contributed by atoms with Gasteiger partial charge in [0.15, 0.2) is 0 Å². The molecule has 1 aliphatic carbocycles. The highest BCUT2D eigenvalue weighted by molar-refractivity contribution is 8.01. The van der Waals surface area contributed by atoms with E-state index in [0.29, 0.717) is 5.41 Å². The van der Waals surface area contributed by atoms with Crippen LogP contribution in [0, 0.1) is 23.7 Å².